The van der Waals surface area contributed by atoms with Crippen molar-refractivity contribution in [1.29, 1.82) is 0 Å². The topological polar surface area (TPSA) is 84.3 Å². The first-order valence-electron chi connectivity index (χ1n) is 7.58. The highest BCUT2D eigenvalue weighted by atomic mass is 32.2. The van der Waals surface area contributed by atoms with E-state index in [1.807, 2.05) is 26.0 Å². The molecule has 0 aromatic carbocycles. The Kier molecular flexibility index (Phi) is 4.50. The number of fused-ring (bicyclic) bond motifs is 1. The second-order valence-corrected chi connectivity index (χ2v) is 9.17. The highest BCUT2D eigenvalue weighted by Crippen LogP contribution is 2.26. The Morgan fingerprint density at radius 2 is 2.21 bits per heavy atom. The molecule has 0 aliphatic carbocycles. The van der Waals surface area contributed by atoms with Crippen molar-refractivity contribution in [3.05, 3.63) is 39.3 Å². The Morgan fingerprint density at radius 1 is 1.46 bits per heavy atom. The van der Waals surface area contributed by atoms with E-state index in [9.17, 15) is 13.2 Å². The summed E-state index contributed by atoms with van der Waals surface area (Å²) in [6.07, 6.45) is 2.80. The molecule has 0 saturated carbocycles. The van der Waals surface area contributed by atoms with E-state index in [1.54, 1.807) is 15.8 Å². The van der Waals surface area contributed by atoms with Gasteiger partial charge in [0.2, 0.25) is 10.0 Å². The maximum atomic E-state index is 12.8. The fraction of sp³-hybridized carbons (Fsp3) is 0.467. The number of carbonyl (C=O) groups is 1. The number of amides is 1. The summed E-state index contributed by atoms with van der Waals surface area (Å²) in [5.74, 6) is -0.0204. The van der Waals surface area contributed by atoms with Gasteiger partial charge in [0, 0.05) is 24.2 Å². The number of hydrogen-bond donors (Lipinski definition) is 1. The molecule has 0 radical (unpaired) electrons. The predicted molar refractivity (Wildman–Crippen MR) is 92.6 cm³/mol. The van der Waals surface area contributed by atoms with Gasteiger partial charge in [-0.25, -0.2) is 13.1 Å². The lowest BCUT2D eigenvalue weighted by Gasteiger charge is -2.33. The van der Waals surface area contributed by atoms with Gasteiger partial charge in [-0.1, -0.05) is 0 Å². The van der Waals surface area contributed by atoms with Crippen LogP contribution >= 0.6 is 11.3 Å². The molecule has 3 heterocycles. The number of nitrogens with zero attached hydrogens (tertiary/aromatic N) is 3. The van der Waals surface area contributed by atoms with E-state index in [1.165, 1.54) is 11.3 Å². The molecule has 0 saturated heterocycles. The molecule has 1 aliphatic rings. The number of aryl methyl sites for hydroxylation is 2. The van der Waals surface area contributed by atoms with E-state index < -0.39 is 10.0 Å². The van der Waals surface area contributed by atoms with Gasteiger partial charge in [-0.2, -0.15) is 5.10 Å². The fourth-order valence-electron chi connectivity index (χ4n) is 2.78. The van der Waals surface area contributed by atoms with Crippen LogP contribution in [-0.4, -0.2) is 48.4 Å². The van der Waals surface area contributed by atoms with Crippen molar-refractivity contribution in [2.24, 2.45) is 0 Å². The second-order valence-electron chi connectivity index (χ2n) is 6.08. The fourth-order valence-corrected chi connectivity index (χ4v) is 4.27. The van der Waals surface area contributed by atoms with Gasteiger partial charge in [-0.15, -0.1) is 11.3 Å². The third-order valence-electron chi connectivity index (χ3n) is 4.13. The van der Waals surface area contributed by atoms with Crippen LogP contribution in [0, 0.1) is 13.8 Å². The van der Waals surface area contributed by atoms with Crippen LogP contribution in [0.2, 0.25) is 0 Å². The summed E-state index contributed by atoms with van der Waals surface area (Å²) >= 11 is 1.49. The molecular formula is C15H20N4O3S2. The lowest BCUT2D eigenvalue weighted by molar-refractivity contribution is 0.0676. The first-order chi connectivity index (χ1) is 11.2. The minimum atomic E-state index is -3.29. The van der Waals surface area contributed by atoms with Crippen LogP contribution in [0.15, 0.2) is 18.3 Å². The molecule has 2 aromatic rings. The predicted octanol–water partition coefficient (Wildman–Crippen LogP) is 1.31. The molecule has 1 amide bonds. The molecular weight excluding hydrogens is 348 g/mol. The number of aromatic nitrogens is 2. The first kappa shape index (κ1) is 17.1. The number of sulfonamides is 1. The van der Waals surface area contributed by atoms with Gasteiger partial charge in [-0.05, 0) is 31.5 Å². The average molecular weight is 368 g/mol. The van der Waals surface area contributed by atoms with E-state index in [0.29, 0.717) is 18.0 Å². The normalized spacial score (nSPS) is 17.8. The molecule has 1 N–H and O–H groups in total. The monoisotopic (exact) mass is 368 g/mol. The zero-order valence-electron chi connectivity index (χ0n) is 13.8. The minimum Gasteiger partial charge on any atom is -0.330 e. The van der Waals surface area contributed by atoms with E-state index in [4.69, 9.17) is 0 Å². The van der Waals surface area contributed by atoms with Crippen LogP contribution in [-0.2, 0) is 16.6 Å². The Balaban J connectivity index is 1.82. The third kappa shape index (κ3) is 3.52. The Bertz CT molecular complexity index is 850. The Labute approximate surface area is 145 Å². The second kappa shape index (κ2) is 6.30. The van der Waals surface area contributed by atoms with Crippen molar-refractivity contribution in [2.45, 2.75) is 26.4 Å². The van der Waals surface area contributed by atoms with Crippen LogP contribution < -0.4 is 4.72 Å². The molecule has 0 bridgehead atoms. The van der Waals surface area contributed by atoms with Crippen LogP contribution in [0.5, 0.6) is 0 Å². The van der Waals surface area contributed by atoms with Gasteiger partial charge < -0.3 is 4.90 Å². The minimum absolute atomic E-state index is 0.0204. The quantitative estimate of drug-likeness (QED) is 0.882. The van der Waals surface area contributed by atoms with Crippen LogP contribution in [0.25, 0.3) is 0 Å². The van der Waals surface area contributed by atoms with Crippen molar-refractivity contribution >= 4 is 27.3 Å². The van der Waals surface area contributed by atoms with E-state index in [-0.39, 0.29) is 18.5 Å². The number of hydrogen-bond acceptors (Lipinski definition) is 5. The molecule has 24 heavy (non-hydrogen) atoms. The molecule has 2 aromatic heterocycles. The largest absolute Gasteiger partial charge is 0.330 e. The number of thiophene rings is 1. The molecule has 7 nitrogen and oxygen atoms in total. The van der Waals surface area contributed by atoms with Crippen LogP contribution in [0.1, 0.15) is 31.8 Å². The summed E-state index contributed by atoms with van der Waals surface area (Å²) in [6.45, 7) is 5.10. The van der Waals surface area contributed by atoms with Crippen LogP contribution in [0.4, 0.5) is 0 Å². The third-order valence-corrected chi connectivity index (χ3v) is 5.96. The van der Waals surface area contributed by atoms with E-state index in [0.717, 1.165) is 22.4 Å². The zero-order valence-corrected chi connectivity index (χ0v) is 15.4. The maximum absolute atomic E-state index is 12.8. The molecule has 0 fully saturated rings. The summed E-state index contributed by atoms with van der Waals surface area (Å²) in [6, 6.07) is 3.56. The molecule has 0 spiro atoms. The van der Waals surface area contributed by atoms with Gasteiger partial charge in [0.1, 0.15) is 0 Å². The zero-order chi connectivity index (χ0) is 17.5. The lowest BCUT2D eigenvalue weighted by atomic mass is 10.2. The maximum Gasteiger partial charge on any atom is 0.264 e. The van der Waals surface area contributed by atoms with Gasteiger partial charge in [0.15, 0.2) is 0 Å². The van der Waals surface area contributed by atoms with Crippen molar-refractivity contribution in [3.63, 3.8) is 0 Å². The van der Waals surface area contributed by atoms with E-state index in [2.05, 4.69) is 9.82 Å². The number of rotatable bonds is 4. The van der Waals surface area contributed by atoms with Crippen molar-refractivity contribution in [3.8, 4) is 0 Å². The van der Waals surface area contributed by atoms with Crippen molar-refractivity contribution in [2.75, 3.05) is 19.3 Å². The molecule has 3 rings (SSSR count). The lowest BCUT2D eigenvalue weighted by Crippen LogP contribution is -2.45. The summed E-state index contributed by atoms with van der Waals surface area (Å²) < 4.78 is 27.1. The molecule has 1 atom stereocenters. The summed E-state index contributed by atoms with van der Waals surface area (Å²) in [4.78, 5) is 16.4. The van der Waals surface area contributed by atoms with E-state index >= 15 is 0 Å². The summed E-state index contributed by atoms with van der Waals surface area (Å²) in [5.41, 5.74) is 2.01. The van der Waals surface area contributed by atoms with Crippen LogP contribution in [0.3, 0.4) is 0 Å². The highest BCUT2D eigenvalue weighted by Gasteiger charge is 2.30. The summed E-state index contributed by atoms with van der Waals surface area (Å²) in [7, 11) is -3.29. The highest BCUT2D eigenvalue weighted by molar-refractivity contribution is 7.88. The van der Waals surface area contributed by atoms with Gasteiger partial charge in [-0.3, -0.25) is 9.48 Å². The van der Waals surface area contributed by atoms with Gasteiger partial charge in [0.25, 0.3) is 5.91 Å². The SMILES string of the molecule is Cc1cc(C(=O)N2Cc3ccnn3[C@H](CNS(C)(=O)=O)C2)sc1C. The first-order valence-corrected chi connectivity index (χ1v) is 10.3. The number of nitrogens with one attached hydrogen (secondary N) is 1. The average Bonchev–Trinajstić information content (AvgIpc) is 3.10. The standard InChI is InChI=1S/C15H20N4O3S2/c1-10-6-14(23-11(10)2)15(20)18-8-12-4-5-16-19(12)13(9-18)7-17-24(3,21)22/h4-6,13,17H,7-9H2,1-3H3/t13-/m1/s1. The van der Waals surface area contributed by atoms with Crippen molar-refractivity contribution < 1.29 is 13.2 Å². The van der Waals surface area contributed by atoms with Crippen molar-refractivity contribution in [1.82, 2.24) is 19.4 Å². The summed E-state index contributed by atoms with van der Waals surface area (Å²) in [5, 5.41) is 4.27. The Morgan fingerprint density at radius 3 is 2.83 bits per heavy atom. The van der Waals surface area contributed by atoms with Gasteiger partial charge in [0.05, 0.1) is 29.4 Å². The molecule has 0 unspecified atom stereocenters. The Hall–Kier alpha value is -1.71. The molecule has 1 aliphatic heterocycles. The smallest absolute Gasteiger partial charge is 0.264 e. The number of carbonyl (C=O) groups excluding carboxylic acids is 1. The molecule has 130 valence electrons. The molecule has 9 heteroatoms. The van der Waals surface area contributed by atoms with Gasteiger partial charge >= 0.3 is 0 Å².